The summed E-state index contributed by atoms with van der Waals surface area (Å²) < 4.78 is 18.9. The summed E-state index contributed by atoms with van der Waals surface area (Å²) in [5.41, 5.74) is 1.19. The Labute approximate surface area is 117 Å². The van der Waals surface area contributed by atoms with E-state index < -0.39 is 11.8 Å². The molecule has 0 saturated carbocycles. The van der Waals surface area contributed by atoms with Gasteiger partial charge in [-0.15, -0.1) is 0 Å². The molecule has 0 spiro atoms. The second-order valence-corrected chi connectivity index (χ2v) is 4.49. The van der Waals surface area contributed by atoms with Crippen LogP contribution in [0.5, 0.6) is 0 Å². The Balaban J connectivity index is 2.18. The lowest BCUT2D eigenvalue weighted by Gasteiger charge is -1.99. The van der Waals surface area contributed by atoms with Crippen molar-refractivity contribution >= 4 is 28.7 Å². The molecule has 0 aliphatic rings. The van der Waals surface area contributed by atoms with Crippen LogP contribution in [-0.4, -0.2) is 16.1 Å². The van der Waals surface area contributed by atoms with Gasteiger partial charge in [0.2, 0.25) is 5.89 Å². The molecule has 1 N–H and O–H groups in total. The van der Waals surface area contributed by atoms with Crippen LogP contribution in [0.2, 0.25) is 5.02 Å². The minimum absolute atomic E-state index is 0.0856. The van der Waals surface area contributed by atoms with Crippen LogP contribution in [0.1, 0.15) is 10.4 Å². The number of oxazole rings is 1. The molecule has 2 aromatic carbocycles. The number of hydrogen-bond acceptors (Lipinski definition) is 3. The Hall–Kier alpha value is -2.40. The highest BCUT2D eigenvalue weighted by Gasteiger charge is 2.15. The van der Waals surface area contributed by atoms with Gasteiger partial charge in [-0.1, -0.05) is 17.7 Å². The molecule has 0 bridgehead atoms. The van der Waals surface area contributed by atoms with Crippen LogP contribution in [0.4, 0.5) is 4.39 Å². The zero-order valence-electron chi connectivity index (χ0n) is 9.93. The highest BCUT2D eigenvalue weighted by Crippen LogP contribution is 2.31. The Bertz CT molecular complexity index is 828. The van der Waals surface area contributed by atoms with Crippen molar-refractivity contribution in [1.82, 2.24) is 4.98 Å². The minimum Gasteiger partial charge on any atom is -0.478 e. The molecule has 0 fully saturated rings. The quantitative estimate of drug-likeness (QED) is 0.775. The van der Waals surface area contributed by atoms with Crippen molar-refractivity contribution in [2.75, 3.05) is 0 Å². The summed E-state index contributed by atoms with van der Waals surface area (Å²) in [5, 5.41) is 8.83. The van der Waals surface area contributed by atoms with Crippen molar-refractivity contribution in [3.05, 3.63) is 52.8 Å². The van der Waals surface area contributed by atoms with Gasteiger partial charge in [-0.2, -0.15) is 0 Å². The lowest BCUT2D eigenvalue weighted by molar-refractivity contribution is 0.0697. The van der Waals surface area contributed by atoms with Crippen LogP contribution in [0.25, 0.3) is 22.6 Å². The van der Waals surface area contributed by atoms with Gasteiger partial charge in [0.25, 0.3) is 0 Å². The van der Waals surface area contributed by atoms with E-state index in [0.717, 1.165) is 0 Å². The zero-order chi connectivity index (χ0) is 14.3. The van der Waals surface area contributed by atoms with Gasteiger partial charge < -0.3 is 9.52 Å². The third-order valence-corrected chi connectivity index (χ3v) is 3.20. The Morgan fingerprint density at radius 2 is 2.10 bits per heavy atom. The first-order chi connectivity index (χ1) is 9.56. The number of carbonyl (C=O) groups is 1. The molecule has 1 aromatic heterocycles. The van der Waals surface area contributed by atoms with Gasteiger partial charge in [0.05, 0.1) is 16.1 Å². The molecule has 0 aliphatic carbocycles. The molecule has 6 heteroatoms. The highest BCUT2D eigenvalue weighted by atomic mass is 35.5. The summed E-state index contributed by atoms with van der Waals surface area (Å²) in [7, 11) is 0. The number of rotatable bonds is 2. The summed E-state index contributed by atoms with van der Waals surface area (Å²) >= 11 is 5.87. The number of hydrogen-bond donors (Lipinski definition) is 1. The van der Waals surface area contributed by atoms with Gasteiger partial charge in [-0.25, -0.2) is 14.2 Å². The smallest absolute Gasteiger partial charge is 0.335 e. The van der Waals surface area contributed by atoms with Crippen LogP contribution in [0, 0.1) is 5.82 Å². The van der Waals surface area contributed by atoms with Gasteiger partial charge in [0.15, 0.2) is 5.58 Å². The average Bonchev–Trinajstić information content (AvgIpc) is 2.84. The first-order valence-electron chi connectivity index (χ1n) is 5.64. The molecule has 0 unspecified atom stereocenters. The van der Waals surface area contributed by atoms with Crippen molar-refractivity contribution in [2.24, 2.45) is 0 Å². The van der Waals surface area contributed by atoms with Gasteiger partial charge in [0, 0.05) is 0 Å². The number of carboxylic acids is 1. The number of carboxylic acid groups (broad SMARTS) is 1. The van der Waals surface area contributed by atoms with E-state index in [2.05, 4.69) is 4.98 Å². The van der Waals surface area contributed by atoms with Gasteiger partial charge in [-0.05, 0) is 30.3 Å². The Morgan fingerprint density at radius 1 is 1.30 bits per heavy atom. The van der Waals surface area contributed by atoms with Crippen molar-refractivity contribution in [1.29, 1.82) is 0 Å². The van der Waals surface area contributed by atoms with Crippen LogP contribution in [0.3, 0.4) is 0 Å². The summed E-state index contributed by atoms with van der Waals surface area (Å²) in [6.45, 7) is 0. The van der Waals surface area contributed by atoms with E-state index in [1.165, 1.54) is 30.3 Å². The Kier molecular flexibility index (Phi) is 2.91. The summed E-state index contributed by atoms with van der Waals surface area (Å²) in [6, 6.07) is 8.61. The van der Waals surface area contributed by atoms with Crippen LogP contribution in [0.15, 0.2) is 40.8 Å². The molecular weight excluding hydrogens is 285 g/mol. The number of nitrogens with zero attached hydrogens (tertiary/aromatic N) is 1. The van der Waals surface area contributed by atoms with Crippen molar-refractivity contribution in [2.45, 2.75) is 0 Å². The van der Waals surface area contributed by atoms with E-state index in [1.54, 1.807) is 6.07 Å². The fourth-order valence-electron chi connectivity index (χ4n) is 1.84. The Morgan fingerprint density at radius 3 is 2.85 bits per heavy atom. The standard InChI is InChI=1S/C14H7ClFNO3/c15-12-8(2-1-3-9(12)16)13-17-10-5-4-7(14(18)19)6-11(10)20-13/h1-6H,(H,18,19). The van der Waals surface area contributed by atoms with Gasteiger partial charge >= 0.3 is 5.97 Å². The second kappa shape index (κ2) is 4.61. The van der Waals surface area contributed by atoms with E-state index in [9.17, 15) is 9.18 Å². The number of aromatic nitrogens is 1. The molecule has 0 amide bonds. The molecule has 0 aliphatic heterocycles. The summed E-state index contributed by atoms with van der Waals surface area (Å²) in [5.74, 6) is -1.49. The number of fused-ring (bicyclic) bond motifs is 1. The molecule has 20 heavy (non-hydrogen) atoms. The third-order valence-electron chi connectivity index (χ3n) is 2.82. The third kappa shape index (κ3) is 2.02. The van der Waals surface area contributed by atoms with Crippen LogP contribution in [-0.2, 0) is 0 Å². The normalized spacial score (nSPS) is 10.9. The number of benzene rings is 2. The maximum absolute atomic E-state index is 13.4. The van der Waals surface area contributed by atoms with E-state index >= 15 is 0 Å². The molecule has 1 heterocycles. The van der Waals surface area contributed by atoms with Crippen LogP contribution >= 0.6 is 11.6 Å². The summed E-state index contributed by atoms with van der Waals surface area (Å²) in [4.78, 5) is 15.1. The molecule has 3 rings (SSSR count). The lowest BCUT2D eigenvalue weighted by atomic mass is 10.2. The monoisotopic (exact) mass is 291 g/mol. The average molecular weight is 292 g/mol. The van der Waals surface area contributed by atoms with Crippen molar-refractivity contribution in [3.63, 3.8) is 0 Å². The van der Waals surface area contributed by atoms with Crippen molar-refractivity contribution < 1.29 is 18.7 Å². The molecule has 3 aromatic rings. The van der Waals surface area contributed by atoms with Gasteiger partial charge in [-0.3, -0.25) is 0 Å². The fourth-order valence-corrected chi connectivity index (χ4v) is 2.05. The summed E-state index contributed by atoms with van der Waals surface area (Å²) in [6.07, 6.45) is 0. The molecule has 0 radical (unpaired) electrons. The lowest BCUT2D eigenvalue weighted by Crippen LogP contribution is -1.94. The highest BCUT2D eigenvalue weighted by molar-refractivity contribution is 6.33. The maximum Gasteiger partial charge on any atom is 0.335 e. The topological polar surface area (TPSA) is 63.3 Å². The number of aromatic carboxylic acids is 1. The SMILES string of the molecule is O=C(O)c1ccc2nc(-c3cccc(F)c3Cl)oc2c1. The van der Waals surface area contributed by atoms with E-state index in [-0.39, 0.29) is 16.5 Å². The molecule has 0 atom stereocenters. The fraction of sp³-hybridized carbons (Fsp3) is 0. The first kappa shape index (κ1) is 12.6. The largest absolute Gasteiger partial charge is 0.478 e. The first-order valence-corrected chi connectivity index (χ1v) is 6.02. The predicted octanol–water partition coefficient (Wildman–Crippen LogP) is 3.99. The van der Waals surface area contributed by atoms with Crippen LogP contribution < -0.4 is 0 Å². The second-order valence-electron chi connectivity index (χ2n) is 4.11. The molecule has 100 valence electrons. The van der Waals surface area contributed by atoms with Gasteiger partial charge in [0.1, 0.15) is 11.3 Å². The van der Waals surface area contributed by atoms with Crippen molar-refractivity contribution in [3.8, 4) is 11.5 Å². The van der Waals surface area contributed by atoms with E-state index in [0.29, 0.717) is 16.7 Å². The predicted molar refractivity (Wildman–Crippen MR) is 71.4 cm³/mol. The molecule has 4 nitrogen and oxygen atoms in total. The molecule has 0 saturated heterocycles. The zero-order valence-corrected chi connectivity index (χ0v) is 10.7. The van der Waals surface area contributed by atoms with E-state index in [1.807, 2.05) is 0 Å². The molecular formula is C14H7ClFNO3. The minimum atomic E-state index is -1.06. The van der Waals surface area contributed by atoms with E-state index in [4.69, 9.17) is 21.1 Å². The number of halogens is 2. The maximum atomic E-state index is 13.4.